The molecule has 0 aromatic rings. The molecule has 0 aliphatic carbocycles. The molecule has 0 rings (SSSR count). The molecule has 0 fully saturated rings. The van der Waals surface area contributed by atoms with Gasteiger partial charge >= 0.3 is 28.5 Å². The van der Waals surface area contributed by atoms with Crippen LogP contribution in [0.5, 0.6) is 0 Å². The fraction of sp³-hybridized carbons (Fsp3) is 1.00. The summed E-state index contributed by atoms with van der Waals surface area (Å²) in [5.74, 6) is 0. The van der Waals surface area contributed by atoms with Gasteiger partial charge in [0.15, 0.2) is 0 Å². The molecule has 0 saturated heterocycles. The Hall–Kier alpha value is 0.712. The van der Waals surface area contributed by atoms with Gasteiger partial charge in [-0.1, -0.05) is 0 Å². The standard InChI is InChI=1S/2C2H6BO3.Al.ClH/c2*1-5-3(4)6-2;;/h2*1-2H3;;1H/q2*-1;+3;/p-1. The van der Waals surface area contributed by atoms with E-state index in [9.17, 15) is 0 Å². The number of rotatable bonds is 8. The molecule has 0 spiro atoms. The third kappa shape index (κ3) is 6.24. The van der Waals surface area contributed by atoms with E-state index in [2.05, 4.69) is 0 Å². The Bertz CT molecular complexity index is 123. The minimum Gasteiger partial charge on any atom is -0.483 e. The first-order valence-electron chi connectivity index (χ1n) is 3.74. The first kappa shape index (κ1) is 14.7. The molecule has 0 bridgehead atoms. The van der Waals surface area contributed by atoms with Gasteiger partial charge in [-0.3, -0.25) is 0 Å². The summed E-state index contributed by atoms with van der Waals surface area (Å²) in [6.45, 7) is 0. The first-order chi connectivity index (χ1) is 6.67. The summed E-state index contributed by atoms with van der Waals surface area (Å²) in [5, 5.41) is 0. The zero-order valence-corrected chi connectivity index (χ0v) is 10.5. The van der Waals surface area contributed by atoms with Crippen molar-refractivity contribution in [1.82, 2.24) is 0 Å². The summed E-state index contributed by atoms with van der Waals surface area (Å²) in [7, 11) is 9.80. The molecule has 80 valence electrons. The summed E-state index contributed by atoms with van der Waals surface area (Å²) >= 11 is -2.42. The molecule has 0 atom stereocenters. The van der Waals surface area contributed by atoms with E-state index in [1.807, 2.05) is 0 Å². The summed E-state index contributed by atoms with van der Waals surface area (Å²) in [5.41, 5.74) is 0. The number of halogens is 1. The maximum absolute atomic E-state index is 5.76. The molecule has 0 saturated carbocycles. The van der Waals surface area contributed by atoms with Gasteiger partial charge in [-0.05, 0) is 0 Å². The van der Waals surface area contributed by atoms with Crippen molar-refractivity contribution in [3.63, 3.8) is 0 Å². The highest BCUT2D eigenvalue weighted by Gasteiger charge is 2.36. The third-order valence-corrected chi connectivity index (χ3v) is 2.70. The van der Waals surface area contributed by atoms with Crippen LogP contribution in [-0.4, -0.2) is 57.0 Å². The van der Waals surface area contributed by atoms with Gasteiger partial charge in [-0.15, -0.1) is 0 Å². The predicted molar refractivity (Wildman–Crippen MR) is 53.3 cm³/mol. The van der Waals surface area contributed by atoms with Crippen molar-refractivity contribution in [2.24, 2.45) is 0 Å². The molecule has 0 aromatic carbocycles. The minimum absolute atomic E-state index is 0.835. The predicted octanol–water partition coefficient (Wildman–Crippen LogP) is -0.201. The molecule has 14 heavy (non-hydrogen) atoms. The van der Waals surface area contributed by atoms with Gasteiger partial charge in [0.1, 0.15) is 0 Å². The van der Waals surface area contributed by atoms with Crippen molar-refractivity contribution in [3.8, 4) is 0 Å². The van der Waals surface area contributed by atoms with Gasteiger partial charge in [0, 0.05) is 28.4 Å². The zero-order valence-electron chi connectivity index (χ0n) is 8.56. The topological polar surface area (TPSA) is 55.4 Å². The van der Waals surface area contributed by atoms with Gasteiger partial charge in [0.25, 0.3) is 0 Å². The molecule has 0 amide bonds. The smallest absolute Gasteiger partial charge is 0.483 e. The molecule has 0 aromatic heterocycles. The van der Waals surface area contributed by atoms with E-state index in [4.69, 9.17) is 36.1 Å². The molecule has 0 radical (unpaired) electrons. The lowest BCUT2D eigenvalue weighted by atomic mass is 10.2. The number of hydrogen-bond acceptors (Lipinski definition) is 6. The van der Waals surface area contributed by atoms with Crippen LogP contribution in [0.1, 0.15) is 0 Å². The fourth-order valence-electron chi connectivity index (χ4n) is 0.621. The molecule has 0 heterocycles. The lowest BCUT2D eigenvalue weighted by Gasteiger charge is -2.14. The summed E-state index contributed by atoms with van der Waals surface area (Å²) in [4.78, 5) is 0. The quantitative estimate of drug-likeness (QED) is 0.548. The van der Waals surface area contributed by atoms with Gasteiger partial charge in [0.05, 0.1) is 0 Å². The number of hydrogen-bond donors (Lipinski definition) is 0. The van der Waals surface area contributed by atoms with Crippen molar-refractivity contribution in [3.05, 3.63) is 0 Å². The molecule has 0 aliphatic heterocycles. The average Bonchev–Trinajstić information content (AvgIpc) is 2.22. The van der Waals surface area contributed by atoms with Crippen molar-refractivity contribution >= 4 is 38.6 Å². The van der Waals surface area contributed by atoms with E-state index < -0.39 is 28.5 Å². The van der Waals surface area contributed by atoms with Crippen LogP contribution in [0.15, 0.2) is 0 Å². The summed E-state index contributed by atoms with van der Waals surface area (Å²) in [6, 6.07) is 0. The third-order valence-electron chi connectivity index (χ3n) is 1.21. The maximum Gasteiger partial charge on any atom is 0.788 e. The van der Waals surface area contributed by atoms with Crippen LogP contribution in [0.25, 0.3) is 0 Å². The average molecular weight is 240 g/mol. The Morgan fingerprint density at radius 2 is 1.07 bits per heavy atom. The van der Waals surface area contributed by atoms with Gasteiger partial charge in [-0.25, -0.2) is 0 Å². The summed E-state index contributed by atoms with van der Waals surface area (Å²) < 4.78 is 29.2. The maximum atomic E-state index is 5.76. The Morgan fingerprint density at radius 1 is 0.786 bits per heavy atom. The van der Waals surface area contributed by atoms with E-state index in [1.165, 1.54) is 28.4 Å². The van der Waals surface area contributed by atoms with Crippen molar-refractivity contribution in [1.29, 1.82) is 0 Å². The lowest BCUT2D eigenvalue weighted by molar-refractivity contribution is 0.169. The highest BCUT2D eigenvalue weighted by molar-refractivity contribution is 7.02. The van der Waals surface area contributed by atoms with Crippen LogP contribution in [0, 0.1) is 0 Å². The van der Waals surface area contributed by atoms with Crippen molar-refractivity contribution < 1.29 is 26.0 Å². The SMILES string of the molecule is COB(OC)[O][Al]([Cl])[O]B(OC)OC. The molecule has 0 aliphatic rings. The van der Waals surface area contributed by atoms with Crippen LogP contribution in [-0.2, 0) is 26.0 Å². The van der Waals surface area contributed by atoms with Gasteiger partial charge in [-0.2, -0.15) is 10.0 Å². The molecule has 0 N–H and O–H groups in total. The van der Waals surface area contributed by atoms with E-state index >= 15 is 0 Å². The summed E-state index contributed by atoms with van der Waals surface area (Å²) in [6.07, 6.45) is 0. The largest absolute Gasteiger partial charge is 0.788 e. The Balaban J connectivity index is 3.77. The van der Waals surface area contributed by atoms with Crippen LogP contribution >= 0.6 is 10.0 Å². The normalized spacial score (nSPS) is 10.1. The lowest BCUT2D eigenvalue weighted by Crippen LogP contribution is -2.37. The molecular weight excluding hydrogens is 228 g/mol. The molecule has 10 heteroatoms. The Labute approximate surface area is 93.3 Å². The zero-order chi connectivity index (χ0) is 11.0. The first-order valence-corrected chi connectivity index (χ1v) is 6.43. The second kappa shape index (κ2) is 8.98. The van der Waals surface area contributed by atoms with Crippen LogP contribution in [0.2, 0.25) is 0 Å². The monoisotopic (exact) mass is 240 g/mol. The van der Waals surface area contributed by atoms with E-state index in [0.29, 0.717) is 0 Å². The van der Waals surface area contributed by atoms with Crippen LogP contribution in [0.4, 0.5) is 0 Å². The highest BCUT2D eigenvalue weighted by Crippen LogP contribution is 2.02. The van der Waals surface area contributed by atoms with Crippen LogP contribution in [0.3, 0.4) is 0 Å². The highest BCUT2D eigenvalue weighted by atomic mass is 35.6. The van der Waals surface area contributed by atoms with E-state index in [1.54, 1.807) is 0 Å². The molecule has 6 nitrogen and oxygen atoms in total. The van der Waals surface area contributed by atoms with Gasteiger partial charge < -0.3 is 26.0 Å². The second-order valence-corrected chi connectivity index (χ2v) is 4.23. The Morgan fingerprint density at radius 3 is 1.29 bits per heavy atom. The molecular formula is C4H12AlB2ClO6. The second-order valence-electron chi connectivity index (χ2n) is 2.07. The van der Waals surface area contributed by atoms with Crippen LogP contribution < -0.4 is 0 Å². The van der Waals surface area contributed by atoms with E-state index in [0.717, 1.165) is 0 Å². The van der Waals surface area contributed by atoms with Crippen molar-refractivity contribution in [2.75, 3.05) is 28.4 Å². The Kier molecular flexibility index (Phi) is 9.43. The van der Waals surface area contributed by atoms with Crippen molar-refractivity contribution in [2.45, 2.75) is 0 Å². The fourth-order valence-corrected chi connectivity index (χ4v) is 1.98. The molecule has 0 unspecified atom stereocenters. The van der Waals surface area contributed by atoms with E-state index in [-0.39, 0.29) is 0 Å². The van der Waals surface area contributed by atoms with Gasteiger partial charge in [0.2, 0.25) is 0 Å². The minimum atomic E-state index is -2.42.